The van der Waals surface area contributed by atoms with Crippen LogP contribution in [0.25, 0.3) is 11.1 Å². The highest BCUT2D eigenvalue weighted by atomic mass is 16.5. The van der Waals surface area contributed by atoms with Gasteiger partial charge in [-0.3, -0.25) is 14.8 Å². The minimum absolute atomic E-state index is 0.224. The molecule has 206 valence electrons. The Morgan fingerprint density at radius 2 is 1.95 bits per heavy atom. The second-order valence-electron chi connectivity index (χ2n) is 10.5. The van der Waals surface area contributed by atoms with Gasteiger partial charge in [0.1, 0.15) is 11.4 Å². The van der Waals surface area contributed by atoms with E-state index < -0.39 is 11.1 Å². The Labute approximate surface area is 226 Å². The molecule has 0 saturated carbocycles. The van der Waals surface area contributed by atoms with Gasteiger partial charge in [0.2, 0.25) is 11.8 Å². The van der Waals surface area contributed by atoms with Gasteiger partial charge in [0.25, 0.3) is 5.91 Å². The number of nitrogens with zero attached hydrogens (tertiary/aromatic N) is 6. The number of likely N-dealkylation sites (tertiary alicyclic amines) is 1. The number of aromatic amines is 1. The number of carbonyl (C=O) groups is 2. The van der Waals surface area contributed by atoms with Crippen LogP contribution in [0.15, 0.2) is 42.9 Å². The highest BCUT2D eigenvalue weighted by Crippen LogP contribution is 2.40. The van der Waals surface area contributed by atoms with Crippen molar-refractivity contribution >= 4 is 17.9 Å². The van der Waals surface area contributed by atoms with E-state index in [0.29, 0.717) is 56.2 Å². The molecule has 3 amide bonds. The maximum absolute atomic E-state index is 14.0. The Bertz CT molecular complexity index is 1350. The number of aliphatic hydroxyl groups is 1. The number of methoxy groups -OCH3 is 2. The molecule has 2 N–H and O–H groups in total. The van der Waals surface area contributed by atoms with Crippen molar-refractivity contribution in [2.24, 2.45) is 0 Å². The molecule has 5 rings (SSSR count). The molecule has 1 spiro atoms. The van der Waals surface area contributed by atoms with Crippen LogP contribution in [0.1, 0.15) is 32.3 Å². The highest BCUT2D eigenvalue weighted by molar-refractivity contribution is 5.94. The first kappa shape index (κ1) is 26.4. The van der Waals surface area contributed by atoms with E-state index in [1.807, 2.05) is 29.2 Å². The van der Waals surface area contributed by atoms with Crippen molar-refractivity contribution in [3.05, 3.63) is 48.4 Å². The third kappa shape index (κ3) is 4.99. The van der Waals surface area contributed by atoms with Crippen molar-refractivity contribution in [1.29, 1.82) is 0 Å². The molecule has 2 aromatic heterocycles. The molecule has 2 aliphatic rings. The van der Waals surface area contributed by atoms with Gasteiger partial charge in [0.15, 0.2) is 0 Å². The molecule has 0 radical (unpaired) electrons. The van der Waals surface area contributed by atoms with E-state index in [-0.39, 0.29) is 17.9 Å². The molecule has 0 bridgehead atoms. The number of amides is 3. The van der Waals surface area contributed by atoms with Gasteiger partial charge >= 0.3 is 6.03 Å². The first-order valence-electron chi connectivity index (χ1n) is 12.8. The summed E-state index contributed by atoms with van der Waals surface area (Å²) in [5.74, 6) is 0.964. The SMILES string of the molecule is COc1cccc(CN2C(=O)N(c3ncc(-c4cn[nH]c4)c(OC)n3)CC23CCN(C(=O)C(C)(C)O)CC3)c1. The number of carbonyl (C=O) groups excluding carboxylic acids is 2. The second kappa shape index (κ2) is 10.2. The molecular weight excluding hydrogens is 502 g/mol. The van der Waals surface area contributed by atoms with Crippen molar-refractivity contribution in [2.75, 3.05) is 38.8 Å². The zero-order valence-corrected chi connectivity index (χ0v) is 22.5. The van der Waals surface area contributed by atoms with E-state index in [9.17, 15) is 14.7 Å². The van der Waals surface area contributed by atoms with Crippen molar-refractivity contribution in [2.45, 2.75) is 44.4 Å². The van der Waals surface area contributed by atoms with Crippen LogP contribution in [0.2, 0.25) is 0 Å². The monoisotopic (exact) mass is 535 g/mol. The van der Waals surface area contributed by atoms with Crippen LogP contribution >= 0.6 is 0 Å². The maximum atomic E-state index is 14.0. The van der Waals surface area contributed by atoms with Crippen molar-refractivity contribution in [1.82, 2.24) is 30.0 Å². The summed E-state index contributed by atoms with van der Waals surface area (Å²) in [5, 5.41) is 17.0. The molecular formula is C27H33N7O5. The first-order chi connectivity index (χ1) is 18.6. The predicted octanol–water partition coefficient (Wildman–Crippen LogP) is 2.46. The topological polar surface area (TPSA) is 137 Å². The maximum Gasteiger partial charge on any atom is 0.327 e. The lowest BCUT2D eigenvalue weighted by atomic mass is 9.85. The molecule has 39 heavy (non-hydrogen) atoms. The number of urea groups is 1. The van der Waals surface area contributed by atoms with E-state index >= 15 is 0 Å². The van der Waals surface area contributed by atoms with Crippen molar-refractivity contribution < 1.29 is 24.2 Å². The van der Waals surface area contributed by atoms with E-state index in [1.54, 1.807) is 35.5 Å². The summed E-state index contributed by atoms with van der Waals surface area (Å²) in [6.07, 6.45) is 6.09. The number of H-pyrrole nitrogens is 1. The fourth-order valence-electron chi connectivity index (χ4n) is 5.32. The Morgan fingerprint density at radius 3 is 2.59 bits per heavy atom. The standard InChI is InChI=1S/C27H33N7O5/c1-26(2,37)23(35)32-10-8-27(9-11-32)17-33(25(36)34(27)16-18-6-5-7-20(12-18)38-3)24-28-15-21(22(31-24)39-4)19-13-29-30-14-19/h5-7,12-15,37H,8-11,16-17H2,1-4H3,(H,29,30). The molecule has 0 atom stereocenters. The quantitative estimate of drug-likeness (QED) is 0.471. The van der Waals surface area contributed by atoms with Crippen LogP contribution in [-0.4, -0.2) is 92.0 Å². The summed E-state index contributed by atoms with van der Waals surface area (Å²) >= 11 is 0. The number of hydrogen-bond donors (Lipinski definition) is 2. The number of nitrogens with one attached hydrogen (secondary N) is 1. The number of benzene rings is 1. The molecule has 0 aliphatic carbocycles. The van der Waals surface area contributed by atoms with E-state index in [4.69, 9.17) is 9.47 Å². The zero-order chi connectivity index (χ0) is 27.8. The lowest BCUT2D eigenvalue weighted by Gasteiger charge is -2.44. The second-order valence-corrected chi connectivity index (χ2v) is 10.5. The van der Waals surface area contributed by atoms with Crippen molar-refractivity contribution in [3.63, 3.8) is 0 Å². The van der Waals surface area contributed by atoms with E-state index in [2.05, 4.69) is 20.2 Å². The van der Waals surface area contributed by atoms with Gasteiger partial charge < -0.3 is 24.4 Å². The Balaban J connectivity index is 1.47. The van der Waals surface area contributed by atoms with Gasteiger partial charge in [0, 0.05) is 37.6 Å². The summed E-state index contributed by atoms with van der Waals surface area (Å²) in [6, 6.07) is 7.40. The Hall–Kier alpha value is -4.19. The number of ether oxygens (including phenoxy) is 2. The third-order valence-corrected chi connectivity index (χ3v) is 7.45. The Kier molecular flexibility index (Phi) is 6.89. The van der Waals surface area contributed by atoms with Gasteiger partial charge in [-0.15, -0.1) is 0 Å². The summed E-state index contributed by atoms with van der Waals surface area (Å²) in [6.45, 7) is 4.54. The molecule has 12 heteroatoms. The van der Waals surface area contributed by atoms with Crippen LogP contribution in [-0.2, 0) is 11.3 Å². The molecule has 2 saturated heterocycles. The number of aromatic nitrogens is 4. The van der Waals surface area contributed by atoms with Crippen LogP contribution in [0.5, 0.6) is 11.6 Å². The fraction of sp³-hybridized carbons (Fsp3) is 0.444. The van der Waals surface area contributed by atoms with Crippen molar-refractivity contribution in [3.8, 4) is 22.8 Å². The summed E-state index contributed by atoms with van der Waals surface area (Å²) in [7, 11) is 3.13. The number of rotatable bonds is 7. The third-order valence-electron chi connectivity index (χ3n) is 7.45. The van der Waals surface area contributed by atoms with Crippen LogP contribution in [0, 0.1) is 0 Å². The predicted molar refractivity (Wildman–Crippen MR) is 142 cm³/mol. The van der Waals surface area contributed by atoms with Gasteiger partial charge in [-0.05, 0) is 44.4 Å². The molecule has 4 heterocycles. The summed E-state index contributed by atoms with van der Waals surface area (Å²) < 4.78 is 10.9. The van der Waals surface area contributed by atoms with Crippen LogP contribution in [0.3, 0.4) is 0 Å². The minimum Gasteiger partial charge on any atom is -0.497 e. The van der Waals surface area contributed by atoms with Crippen LogP contribution < -0.4 is 14.4 Å². The molecule has 3 aromatic rings. The van der Waals surface area contributed by atoms with Crippen LogP contribution in [0.4, 0.5) is 10.7 Å². The fourth-order valence-corrected chi connectivity index (χ4v) is 5.32. The highest BCUT2D eigenvalue weighted by Gasteiger charge is 2.53. The molecule has 2 aliphatic heterocycles. The zero-order valence-electron chi connectivity index (χ0n) is 22.5. The van der Waals surface area contributed by atoms with Gasteiger partial charge in [-0.2, -0.15) is 10.1 Å². The summed E-state index contributed by atoms with van der Waals surface area (Å²) in [5.41, 5.74) is 0.335. The summed E-state index contributed by atoms with van der Waals surface area (Å²) in [4.78, 5) is 41.0. The van der Waals surface area contributed by atoms with Gasteiger partial charge in [0.05, 0.1) is 38.1 Å². The lowest BCUT2D eigenvalue weighted by molar-refractivity contribution is -0.150. The molecule has 0 unspecified atom stereocenters. The molecule has 2 fully saturated rings. The van der Waals surface area contributed by atoms with Gasteiger partial charge in [-0.25, -0.2) is 9.78 Å². The number of hydrogen-bond acceptors (Lipinski definition) is 8. The number of anilines is 1. The average molecular weight is 536 g/mol. The van der Waals surface area contributed by atoms with E-state index in [0.717, 1.165) is 11.1 Å². The minimum atomic E-state index is -1.45. The number of piperidine rings is 1. The lowest BCUT2D eigenvalue weighted by Crippen LogP contribution is -2.57. The Morgan fingerprint density at radius 1 is 1.18 bits per heavy atom. The largest absolute Gasteiger partial charge is 0.497 e. The van der Waals surface area contributed by atoms with Gasteiger partial charge in [-0.1, -0.05) is 12.1 Å². The van der Waals surface area contributed by atoms with E-state index in [1.165, 1.54) is 21.0 Å². The normalized spacial score (nSPS) is 17.2. The molecule has 12 nitrogen and oxygen atoms in total. The average Bonchev–Trinajstić information content (AvgIpc) is 3.56. The smallest absolute Gasteiger partial charge is 0.327 e. The first-order valence-corrected chi connectivity index (χ1v) is 12.8. The molecule has 1 aromatic carbocycles.